The molecule has 2 saturated carbocycles. The normalized spacial score (nSPS) is 22.7. The molecule has 0 saturated heterocycles. The van der Waals surface area contributed by atoms with Gasteiger partial charge >= 0.3 is 5.97 Å². The van der Waals surface area contributed by atoms with Crippen LogP contribution in [0.15, 0.2) is 55.1 Å². The molecular formula is C37H52O4. The number of esters is 1. The minimum Gasteiger partial charge on any atom is -0.489 e. The van der Waals surface area contributed by atoms with Crippen molar-refractivity contribution in [3.8, 4) is 16.9 Å². The quantitative estimate of drug-likeness (QED) is 0.134. The second-order valence-electron chi connectivity index (χ2n) is 12.4. The number of hydrogen-bond acceptors (Lipinski definition) is 4. The van der Waals surface area contributed by atoms with Crippen molar-refractivity contribution in [3.63, 3.8) is 0 Å². The zero-order valence-electron chi connectivity index (χ0n) is 25.3. The van der Waals surface area contributed by atoms with Gasteiger partial charge in [0.1, 0.15) is 19.0 Å². The number of aliphatic hydroxyl groups is 1. The second kappa shape index (κ2) is 16.8. The predicted molar refractivity (Wildman–Crippen MR) is 168 cm³/mol. The van der Waals surface area contributed by atoms with E-state index in [4.69, 9.17) is 14.6 Å². The van der Waals surface area contributed by atoms with Crippen LogP contribution in [0.1, 0.15) is 107 Å². The number of unbranched alkanes of at least 4 members (excludes halogenated alkanes) is 2. The summed E-state index contributed by atoms with van der Waals surface area (Å²) >= 11 is 0. The third-order valence-electron chi connectivity index (χ3n) is 9.66. The van der Waals surface area contributed by atoms with Crippen molar-refractivity contribution < 1.29 is 19.4 Å². The number of rotatable bonds is 15. The Bertz CT molecular complexity index is 1060. The smallest absolute Gasteiger partial charge is 0.330 e. The molecule has 0 unspecified atom stereocenters. The lowest BCUT2D eigenvalue weighted by molar-refractivity contribution is -0.138. The Kier molecular flexibility index (Phi) is 12.8. The van der Waals surface area contributed by atoms with Crippen molar-refractivity contribution in [2.24, 2.45) is 17.8 Å². The highest BCUT2D eigenvalue weighted by Crippen LogP contribution is 2.45. The average Bonchev–Trinajstić information content (AvgIpc) is 3.03. The molecule has 2 aromatic rings. The summed E-state index contributed by atoms with van der Waals surface area (Å²) in [6.45, 7) is 6.48. The van der Waals surface area contributed by atoms with Crippen LogP contribution in [0.2, 0.25) is 0 Å². The van der Waals surface area contributed by atoms with Crippen molar-refractivity contribution in [2.45, 2.75) is 103 Å². The number of carbonyl (C=O) groups is 1. The van der Waals surface area contributed by atoms with Crippen LogP contribution in [0.3, 0.4) is 0 Å². The van der Waals surface area contributed by atoms with Crippen LogP contribution >= 0.6 is 0 Å². The number of benzene rings is 2. The molecule has 4 nitrogen and oxygen atoms in total. The summed E-state index contributed by atoms with van der Waals surface area (Å²) in [7, 11) is 0. The first-order chi connectivity index (χ1) is 20.1. The molecule has 0 aromatic heterocycles. The van der Waals surface area contributed by atoms with E-state index >= 15 is 0 Å². The van der Waals surface area contributed by atoms with Crippen molar-refractivity contribution in [2.75, 3.05) is 19.8 Å². The molecule has 0 radical (unpaired) electrons. The Morgan fingerprint density at radius 3 is 2.27 bits per heavy atom. The van der Waals surface area contributed by atoms with Gasteiger partial charge in [-0.2, -0.15) is 0 Å². The first kappa shape index (κ1) is 31.3. The summed E-state index contributed by atoms with van der Waals surface area (Å²) < 4.78 is 11.4. The summed E-state index contributed by atoms with van der Waals surface area (Å²) in [5.41, 5.74) is 4.75. The lowest BCUT2D eigenvalue weighted by Crippen LogP contribution is -2.25. The summed E-state index contributed by atoms with van der Waals surface area (Å²) in [6, 6.07) is 15.3. The predicted octanol–water partition coefficient (Wildman–Crippen LogP) is 9.05. The lowest BCUT2D eigenvalue weighted by Gasteiger charge is -2.38. The summed E-state index contributed by atoms with van der Waals surface area (Å²) in [5, 5.41) is 9.15. The fourth-order valence-electron chi connectivity index (χ4n) is 7.19. The molecule has 1 N–H and O–H groups in total. The zero-order valence-corrected chi connectivity index (χ0v) is 25.3. The van der Waals surface area contributed by atoms with E-state index in [0.717, 1.165) is 47.5 Å². The molecule has 0 aliphatic heterocycles. The van der Waals surface area contributed by atoms with Crippen LogP contribution in [0, 0.1) is 17.8 Å². The van der Waals surface area contributed by atoms with Gasteiger partial charge < -0.3 is 14.6 Å². The Balaban J connectivity index is 1.37. The largest absolute Gasteiger partial charge is 0.489 e. The van der Waals surface area contributed by atoms with Crippen molar-refractivity contribution >= 4 is 5.97 Å². The van der Waals surface area contributed by atoms with E-state index in [9.17, 15) is 4.79 Å². The number of ether oxygens (including phenoxy) is 2. The summed E-state index contributed by atoms with van der Waals surface area (Å²) in [5.74, 6) is 3.84. The fourth-order valence-corrected chi connectivity index (χ4v) is 7.19. The van der Waals surface area contributed by atoms with E-state index in [0.29, 0.717) is 12.5 Å². The Labute approximate surface area is 248 Å². The minimum absolute atomic E-state index is 0.195. The van der Waals surface area contributed by atoms with E-state index in [1.165, 1.54) is 94.3 Å². The topological polar surface area (TPSA) is 55.8 Å². The van der Waals surface area contributed by atoms with Crippen LogP contribution < -0.4 is 4.74 Å². The van der Waals surface area contributed by atoms with E-state index in [-0.39, 0.29) is 13.2 Å². The van der Waals surface area contributed by atoms with E-state index in [2.05, 4.69) is 56.0 Å². The highest BCUT2D eigenvalue weighted by atomic mass is 16.6. The summed E-state index contributed by atoms with van der Waals surface area (Å²) in [6.07, 6.45) is 19.5. The summed E-state index contributed by atoms with van der Waals surface area (Å²) in [4.78, 5) is 11.5. The standard InChI is InChI=1S/C37H52O4/c1-3-5-6-8-28-10-14-30(15-11-28)31-18-20-32(21-19-31)34-22-23-35(33-16-12-29(13-17-33)9-7-24-38)36(27-34)40-25-26-41-37(39)4-2/h4,12-13,16-17,22-23,27-28,30-32,38H,2-3,5-11,14-15,18-21,24-26H2,1H3. The number of aryl methyl sites for hydroxylation is 1. The molecule has 0 amide bonds. The molecule has 2 aliphatic rings. The molecule has 4 heteroatoms. The van der Waals surface area contributed by atoms with Crippen molar-refractivity contribution in [1.82, 2.24) is 0 Å². The molecule has 0 bridgehead atoms. The van der Waals surface area contributed by atoms with Crippen molar-refractivity contribution in [1.29, 1.82) is 0 Å². The molecule has 2 aromatic carbocycles. The van der Waals surface area contributed by atoms with Crippen LogP contribution in [-0.2, 0) is 16.0 Å². The highest BCUT2D eigenvalue weighted by molar-refractivity contribution is 5.81. The van der Waals surface area contributed by atoms with Crippen LogP contribution in [0.25, 0.3) is 11.1 Å². The van der Waals surface area contributed by atoms with Crippen LogP contribution in [0.5, 0.6) is 5.75 Å². The first-order valence-corrected chi connectivity index (χ1v) is 16.4. The van der Waals surface area contributed by atoms with Gasteiger partial charge in [-0.3, -0.25) is 0 Å². The van der Waals surface area contributed by atoms with E-state index in [1.54, 1.807) is 0 Å². The maximum atomic E-state index is 11.5. The monoisotopic (exact) mass is 560 g/mol. The van der Waals surface area contributed by atoms with Gasteiger partial charge in [0, 0.05) is 18.2 Å². The maximum Gasteiger partial charge on any atom is 0.330 e. The van der Waals surface area contributed by atoms with Gasteiger partial charge in [0.25, 0.3) is 0 Å². The lowest BCUT2D eigenvalue weighted by atomic mass is 9.68. The van der Waals surface area contributed by atoms with Gasteiger partial charge in [0.05, 0.1) is 0 Å². The molecule has 0 spiro atoms. The van der Waals surface area contributed by atoms with Gasteiger partial charge in [-0.25, -0.2) is 4.79 Å². The molecular weight excluding hydrogens is 508 g/mol. The van der Waals surface area contributed by atoms with E-state index in [1.807, 2.05) is 0 Å². The van der Waals surface area contributed by atoms with E-state index < -0.39 is 5.97 Å². The van der Waals surface area contributed by atoms with Gasteiger partial charge in [-0.1, -0.05) is 88.4 Å². The molecule has 2 aliphatic carbocycles. The SMILES string of the molecule is C=CC(=O)OCCOc1cc(C2CCC(C3CCC(CCCCC)CC3)CC2)ccc1-c1ccc(CCCO)cc1. The number of aliphatic hydroxyl groups excluding tert-OH is 1. The molecule has 41 heavy (non-hydrogen) atoms. The average molecular weight is 561 g/mol. The van der Waals surface area contributed by atoms with Crippen LogP contribution in [0.4, 0.5) is 0 Å². The number of hydrogen-bond donors (Lipinski definition) is 1. The first-order valence-electron chi connectivity index (χ1n) is 16.4. The van der Waals surface area contributed by atoms with Crippen molar-refractivity contribution in [3.05, 3.63) is 66.2 Å². The third-order valence-corrected chi connectivity index (χ3v) is 9.66. The van der Waals surface area contributed by atoms with Crippen LogP contribution in [-0.4, -0.2) is 30.9 Å². The minimum atomic E-state index is -0.428. The van der Waals surface area contributed by atoms with Gasteiger partial charge in [0.15, 0.2) is 0 Å². The fraction of sp³-hybridized carbons (Fsp3) is 0.595. The second-order valence-corrected chi connectivity index (χ2v) is 12.4. The Hall–Kier alpha value is -2.59. The van der Waals surface area contributed by atoms with Gasteiger partial charge in [0.2, 0.25) is 0 Å². The van der Waals surface area contributed by atoms with Gasteiger partial charge in [-0.15, -0.1) is 0 Å². The number of carbonyl (C=O) groups excluding carboxylic acids is 1. The Morgan fingerprint density at radius 2 is 1.61 bits per heavy atom. The Morgan fingerprint density at radius 1 is 0.902 bits per heavy atom. The maximum absolute atomic E-state index is 11.5. The van der Waals surface area contributed by atoms with Gasteiger partial charge in [-0.05, 0) is 97.8 Å². The molecule has 4 rings (SSSR count). The molecule has 0 heterocycles. The zero-order chi connectivity index (χ0) is 28.9. The molecule has 224 valence electrons. The highest BCUT2D eigenvalue weighted by Gasteiger charge is 2.31. The third kappa shape index (κ3) is 9.46. The molecule has 2 fully saturated rings. The molecule has 0 atom stereocenters.